The van der Waals surface area contributed by atoms with E-state index in [1.54, 1.807) is 39.2 Å². The minimum Gasteiger partial charge on any atom is -0.478 e. The lowest BCUT2D eigenvalue weighted by Gasteiger charge is -2.22. The summed E-state index contributed by atoms with van der Waals surface area (Å²) in [6.45, 7) is 5.25. The minimum atomic E-state index is -4.18. The number of aromatic nitrogens is 4. The molecule has 136 valence electrons. The first-order chi connectivity index (χ1) is 12.1. The van der Waals surface area contributed by atoms with Crippen LogP contribution in [-0.4, -0.2) is 46.1 Å². The lowest BCUT2D eigenvalue weighted by Crippen LogP contribution is -2.30. The van der Waals surface area contributed by atoms with Crippen molar-refractivity contribution in [2.45, 2.75) is 25.9 Å². The Bertz CT molecular complexity index is 1140. The Balaban J connectivity index is 2.18. The lowest BCUT2D eigenvalue weighted by atomic mass is 10.0. The van der Waals surface area contributed by atoms with Crippen LogP contribution >= 0.6 is 0 Å². The molecular weight excluding hydrogens is 358 g/mol. The summed E-state index contributed by atoms with van der Waals surface area (Å²) in [6.07, 6.45) is 3.16. The highest BCUT2D eigenvalue weighted by atomic mass is 32.2. The summed E-state index contributed by atoms with van der Waals surface area (Å²) < 4.78 is 28.2. The average Bonchev–Trinajstić information content (AvgIpc) is 3.00. The molecule has 0 atom stereocenters. The zero-order valence-corrected chi connectivity index (χ0v) is 15.4. The van der Waals surface area contributed by atoms with E-state index in [1.807, 2.05) is 0 Å². The Morgan fingerprint density at radius 2 is 1.92 bits per heavy atom. The van der Waals surface area contributed by atoms with Crippen LogP contribution in [0.4, 0.5) is 5.69 Å². The second-order valence-corrected chi connectivity index (χ2v) is 7.81. The van der Waals surface area contributed by atoms with E-state index >= 15 is 0 Å². The molecule has 0 saturated heterocycles. The number of rotatable bonds is 4. The van der Waals surface area contributed by atoms with Crippen molar-refractivity contribution in [2.24, 2.45) is 0 Å². The van der Waals surface area contributed by atoms with Gasteiger partial charge in [-0.3, -0.25) is 4.31 Å². The Hall–Kier alpha value is -3.01. The van der Waals surface area contributed by atoms with Gasteiger partial charge < -0.3 is 5.11 Å². The normalized spacial score (nSPS) is 11.7. The summed E-state index contributed by atoms with van der Waals surface area (Å²) in [5, 5.41) is 13.0. The summed E-state index contributed by atoms with van der Waals surface area (Å²) >= 11 is 0. The summed E-state index contributed by atoms with van der Waals surface area (Å²) in [6, 6.07) is 3.02. The first-order valence-corrected chi connectivity index (χ1v) is 9.08. The van der Waals surface area contributed by atoms with Crippen molar-refractivity contribution in [1.29, 1.82) is 0 Å². The fourth-order valence-electron chi connectivity index (χ4n) is 2.59. The number of aromatic carboxylic acids is 1. The monoisotopic (exact) mass is 375 g/mol. The first-order valence-electron chi connectivity index (χ1n) is 7.64. The molecule has 2 heterocycles. The second kappa shape index (κ2) is 6.06. The molecule has 0 spiro atoms. The second-order valence-electron chi connectivity index (χ2n) is 5.95. The van der Waals surface area contributed by atoms with Crippen molar-refractivity contribution in [3.05, 3.63) is 46.8 Å². The van der Waals surface area contributed by atoms with Gasteiger partial charge in [0.1, 0.15) is 0 Å². The number of anilines is 1. The van der Waals surface area contributed by atoms with Crippen molar-refractivity contribution in [2.75, 3.05) is 11.4 Å². The third-order valence-corrected chi connectivity index (χ3v) is 5.68. The third-order valence-electron chi connectivity index (χ3n) is 4.14. The first kappa shape index (κ1) is 17.8. The number of nitrogens with zero attached hydrogens (tertiary/aromatic N) is 5. The van der Waals surface area contributed by atoms with Crippen LogP contribution in [0.2, 0.25) is 0 Å². The predicted octanol–water partition coefficient (Wildman–Crippen LogP) is 1.57. The summed E-state index contributed by atoms with van der Waals surface area (Å²) in [7, 11) is -2.89. The molecule has 0 aliphatic heterocycles. The van der Waals surface area contributed by atoms with E-state index in [0.717, 1.165) is 15.4 Å². The molecule has 1 aromatic carbocycles. The summed E-state index contributed by atoms with van der Waals surface area (Å²) in [5.74, 6) is -1.08. The SMILES string of the molecule is Cc1cnc2nc(S(=O)(=O)N(C)c3c(C(=O)O)ccc(C)c3C)nn2c1. The number of hydrogen-bond acceptors (Lipinski definition) is 6. The van der Waals surface area contributed by atoms with Gasteiger partial charge in [-0.25, -0.2) is 14.3 Å². The molecular formula is C16H17N5O4S. The topological polar surface area (TPSA) is 118 Å². The molecule has 0 aliphatic rings. The van der Waals surface area contributed by atoms with Crippen molar-refractivity contribution in [3.63, 3.8) is 0 Å². The Kier molecular flexibility index (Phi) is 4.15. The van der Waals surface area contributed by atoms with Crippen LogP contribution in [0.15, 0.2) is 29.7 Å². The highest BCUT2D eigenvalue weighted by Gasteiger charge is 2.31. The van der Waals surface area contributed by atoms with Gasteiger partial charge in [-0.15, -0.1) is 5.10 Å². The quantitative estimate of drug-likeness (QED) is 0.735. The van der Waals surface area contributed by atoms with Crippen LogP contribution in [-0.2, 0) is 10.0 Å². The average molecular weight is 375 g/mol. The number of fused-ring (bicyclic) bond motifs is 1. The van der Waals surface area contributed by atoms with Crippen molar-refractivity contribution >= 4 is 27.5 Å². The molecule has 0 unspecified atom stereocenters. The predicted molar refractivity (Wildman–Crippen MR) is 94.0 cm³/mol. The fraction of sp³-hybridized carbons (Fsp3) is 0.250. The summed E-state index contributed by atoms with van der Waals surface area (Å²) in [4.78, 5) is 19.6. The summed E-state index contributed by atoms with van der Waals surface area (Å²) in [5.41, 5.74) is 2.08. The molecule has 0 bridgehead atoms. The van der Waals surface area contributed by atoms with Crippen LogP contribution in [0.25, 0.3) is 5.78 Å². The Morgan fingerprint density at radius 1 is 1.23 bits per heavy atom. The van der Waals surface area contributed by atoms with Gasteiger partial charge in [0.25, 0.3) is 10.9 Å². The number of carbonyl (C=O) groups is 1. The molecule has 1 N–H and O–H groups in total. The van der Waals surface area contributed by atoms with Crippen LogP contribution < -0.4 is 4.31 Å². The fourth-order valence-corrected chi connectivity index (χ4v) is 3.70. The van der Waals surface area contributed by atoms with Gasteiger partial charge in [0, 0.05) is 19.4 Å². The number of carboxylic acid groups (broad SMARTS) is 1. The van der Waals surface area contributed by atoms with Gasteiger partial charge in [0.05, 0.1) is 11.3 Å². The Labute approximate surface area is 150 Å². The number of sulfonamides is 1. The number of hydrogen-bond donors (Lipinski definition) is 1. The molecule has 2 aromatic heterocycles. The highest BCUT2D eigenvalue weighted by Crippen LogP contribution is 2.30. The maximum atomic E-state index is 13.0. The largest absolute Gasteiger partial charge is 0.478 e. The molecule has 3 aromatic rings. The molecule has 0 fully saturated rings. The van der Waals surface area contributed by atoms with Gasteiger partial charge in [-0.2, -0.15) is 13.4 Å². The van der Waals surface area contributed by atoms with Crippen molar-refractivity contribution < 1.29 is 18.3 Å². The highest BCUT2D eigenvalue weighted by molar-refractivity contribution is 7.92. The van der Waals surface area contributed by atoms with Gasteiger partial charge in [-0.1, -0.05) is 6.07 Å². The Morgan fingerprint density at radius 3 is 2.58 bits per heavy atom. The molecule has 3 rings (SSSR count). The van der Waals surface area contributed by atoms with Gasteiger partial charge in [0.2, 0.25) is 0 Å². The van der Waals surface area contributed by atoms with Crippen LogP contribution in [0.1, 0.15) is 27.0 Å². The molecule has 26 heavy (non-hydrogen) atoms. The zero-order chi connectivity index (χ0) is 19.2. The number of carboxylic acids is 1. The van der Waals surface area contributed by atoms with E-state index < -0.39 is 21.1 Å². The van der Waals surface area contributed by atoms with E-state index in [-0.39, 0.29) is 17.0 Å². The van der Waals surface area contributed by atoms with E-state index in [1.165, 1.54) is 17.6 Å². The molecule has 0 radical (unpaired) electrons. The van der Waals surface area contributed by atoms with Crippen molar-refractivity contribution in [1.82, 2.24) is 19.6 Å². The maximum absolute atomic E-state index is 13.0. The molecule has 10 heteroatoms. The van der Waals surface area contributed by atoms with Gasteiger partial charge >= 0.3 is 16.0 Å². The smallest absolute Gasteiger partial charge is 0.337 e. The van der Waals surface area contributed by atoms with E-state index in [4.69, 9.17) is 0 Å². The van der Waals surface area contributed by atoms with Crippen LogP contribution in [0.5, 0.6) is 0 Å². The van der Waals surface area contributed by atoms with Gasteiger partial charge in [0.15, 0.2) is 0 Å². The van der Waals surface area contributed by atoms with Crippen LogP contribution in [0, 0.1) is 20.8 Å². The van der Waals surface area contributed by atoms with E-state index in [9.17, 15) is 18.3 Å². The molecule has 0 aliphatic carbocycles. The molecule has 0 saturated carbocycles. The number of benzene rings is 1. The third kappa shape index (κ3) is 2.77. The minimum absolute atomic E-state index is 0.0838. The lowest BCUT2D eigenvalue weighted by molar-refractivity contribution is 0.0697. The maximum Gasteiger partial charge on any atom is 0.337 e. The van der Waals surface area contributed by atoms with E-state index in [0.29, 0.717) is 5.56 Å². The molecule has 9 nitrogen and oxygen atoms in total. The van der Waals surface area contributed by atoms with Crippen molar-refractivity contribution in [3.8, 4) is 0 Å². The van der Waals surface area contributed by atoms with Crippen LogP contribution in [0.3, 0.4) is 0 Å². The van der Waals surface area contributed by atoms with Gasteiger partial charge in [-0.05, 0) is 43.5 Å². The standard InChI is InChI=1S/C16H17N5O4S/c1-9-7-17-15-18-16(19-21(15)8-9)26(24,25)20(4)13-11(3)10(2)5-6-12(13)14(22)23/h5-8H,1-4H3,(H,22,23). The number of aryl methyl sites for hydroxylation is 2. The van der Waals surface area contributed by atoms with E-state index in [2.05, 4.69) is 15.1 Å². The molecule has 0 amide bonds. The zero-order valence-electron chi connectivity index (χ0n) is 14.6.